The van der Waals surface area contributed by atoms with Gasteiger partial charge in [0.15, 0.2) is 0 Å². The highest BCUT2D eigenvalue weighted by atomic mass is 15.2. The van der Waals surface area contributed by atoms with E-state index in [0.717, 1.165) is 57.6 Å². The van der Waals surface area contributed by atoms with Crippen molar-refractivity contribution in [3.05, 3.63) is 253 Å². The highest BCUT2D eigenvalue weighted by molar-refractivity contribution is 5.82. The molecule has 4 nitrogen and oxygen atoms in total. The molecule has 4 heteroatoms. The highest BCUT2D eigenvalue weighted by Gasteiger charge is 2.24. The maximum absolute atomic E-state index is 2.46. The summed E-state index contributed by atoms with van der Waals surface area (Å²) < 4.78 is 0. The van der Waals surface area contributed by atoms with E-state index in [1.807, 2.05) is 0 Å². The van der Waals surface area contributed by atoms with E-state index in [1.165, 1.54) is 28.1 Å². The molecule has 1 atom stereocenters. The zero-order chi connectivity index (χ0) is 41.5. The number of allylic oxidation sites excluding steroid dienone is 1. The Bertz CT molecular complexity index is 2630. The molecule has 0 amide bonds. The quantitative estimate of drug-likeness (QED) is 0.122. The average Bonchev–Trinajstić information content (AvgIpc) is 3.30. The first-order chi connectivity index (χ1) is 30.0. The molecule has 0 saturated carbocycles. The van der Waals surface area contributed by atoms with Gasteiger partial charge >= 0.3 is 0 Å². The lowest BCUT2D eigenvalue weighted by Crippen LogP contribution is -2.31. The van der Waals surface area contributed by atoms with E-state index < -0.39 is 0 Å². The van der Waals surface area contributed by atoms with Crippen molar-refractivity contribution in [2.45, 2.75) is 33.2 Å². The lowest BCUT2D eigenvalue weighted by atomic mass is 10.0. The number of anilines is 10. The Morgan fingerprint density at radius 3 is 1.07 bits per heavy atom. The van der Waals surface area contributed by atoms with Gasteiger partial charge in [-0.25, -0.2) is 0 Å². The van der Waals surface area contributed by atoms with Crippen LogP contribution >= 0.6 is 0 Å². The van der Waals surface area contributed by atoms with E-state index in [4.69, 9.17) is 0 Å². The molecule has 0 N–H and O–H groups in total. The third kappa shape index (κ3) is 8.62. The first kappa shape index (κ1) is 38.9. The Morgan fingerprint density at radius 2 is 0.672 bits per heavy atom. The zero-order valence-corrected chi connectivity index (χ0v) is 35.0. The predicted octanol–water partition coefficient (Wildman–Crippen LogP) is 15.7. The van der Waals surface area contributed by atoms with Crippen LogP contribution < -0.4 is 19.6 Å². The minimum atomic E-state index is 0.141. The average molecular weight is 791 g/mol. The Hall–Kier alpha value is -7.56. The topological polar surface area (TPSA) is 13.0 Å². The molecule has 0 aromatic heterocycles. The van der Waals surface area contributed by atoms with E-state index >= 15 is 0 Å². The SMILES string of the molecule is Cc1cccc(N(c2ccccc2)c2ccc(N(C3=CCC(N(c4ccccc4)c4cccc(C)c4)C=C3)c3ccc(N(c4ccccc4)c4cccc(C)c4)cc3)cc2)c1. The van der Waals surface area contributed by atoms with Crippen LogP contribution in [0.25, 0.3) is 0 Å². The van der Waals surface area contributed by atoms with Crippen molar-refractivity contribution in [1.29, 1.82) is 0 Å². The Morgan fingerprint density at radius 1 is 0.328 bits per heavy atom. The van der Waals surface area contributed by atoms with Crippen molar-refractivity contribution in [3.63, 3.8) is 0 Å². The predicted molar refractivity (Wildman–Crippen MR) is 259 cm³/mol. The van der Waals surface area contributed by atoms with Gasteiger partial charge in [0, 0.05) is 62.6 Å². The second-order valence-electron chi connectivity index (χ2n) is 15.7. The van der Waals surface area contributed by atoms with Crippen LogP contribution in [0.5, 0.6) is 0 Å². The highest BCUT2D eigenvalue weighted by Crippen LogP contribution is 2.41. The van der Waals surface area contributed by atoms with Crippen molar-refractivity contribution < 1.29 is 0 Å². The van der Waals surface area contributed by atoms with Gasteiger partial charge in [0.05, 0.1) is 6.04 Å². The smallest absolute Gasteiger partial charge is 0.0561 e. The Balaban J connectivity index is 1.11. The number of aryl methyl sites for hydroxylation is 3. The molecule has 0 bridgehead atoms. The van der Waals surface area contributed by atoms with Crippen molar-refractivity contribution in [2.24, 2.45) is 0 Å². The summed E-state index contributed by atoms with van der Waals surface area (Å²) >= 11 is 0. The normalized spacial score (nSPS) is 13.3. The van der Waals surface area contributed by atoms with E-state index in [0.29, 0.717) is 0 Å². The van der Waals surface area contributed by atoms with Crippen LogP contribution in [0.4, 0.5) is 56.9 Å². The maximum atomic E-state index is 2.46. The largest absolute Gasteiger partial charge is 0.334 e. The zero-order valence-electron chi connectivity index (χ0n) is 35.0. The third-order valence-corrected chi connectivity index (χ3v) is 11.2. The second-order valence-corrected chi connectivity index (χ2v) is 15.7. The molecule has 0 radical (unpaired) electrons. The molecule has 1 unspecified atom stereocenters. The summed E-state index contributed by atoms with van der Waals surface area (Å²) in [5, 5.41) is 0. The molecule has 9 rings (SSSR count). The summed E-state index contributed by atoms with van der Waals surface area (Å²) in [5.41, 5.74) is 16.0. The fourth-order valence-electron chi connectivity index (χ4n) is 8.38. The molecule has 298 valence electrons. The molecular weight excluding hydrogens is 741 g/mol. The number of nitrogens with zero attached hydrogens (tertiary/aromatic N) is 4. The standard InChI is InChI=1S/C57H50N4/c1-43-16-13-25-55(40-43)59(46-19-7-4-8-20-46)52-34-28-49(29-35-52)58(50-30-36-53(37-31-50)60(47-21-9-5-10-22-47)56-26-14-17-44(2)41-56)51-32-38-54(39-33-51)61(48-23-11-6-12-24-48)57-27-15-18-45(3)42-57/h4-38,40-42,54H,39H2,1-3H3. The summed E-state index contributed by atoms with van der Waals surface area (Å²) in [5.74, 6) is 0. The van der Waals surface area contributed by atoms with E-state index in [2.05, 4.69) is 271 Å². The summed E-state index contributed by atoms with van der Waals surface area (Å²) in [6.45, 7) is 6.46. The van der Waals surface area contributed by atoms with E-state index in [1.54, 1.807) is 0 Å². The molecule has 1 aliphatic carbocycles. The van der Waals surface area contributed by atoms with Gasteiger partial charge in [0.25, 0.3) is 0 Å². The van der Waals surface area contributed by atoms with Crippen LogP contribution in [0.3, 0.4) is 0 Å². The lowest BCUT2D eigenvalue weighted by Gasteiger charge is -2.35. The van der Waals surface area contributed by atoms with Gasteiger partial charge in [0.1, 0.15) is 0 Å². The Labute approximate surface area is 361 Å². The molecule has 0 saturated heterocycles. The van der Waals surface area contributed by atoms with E-state index in [-0.39, 0.29) is 6.04 Å². The molecule has 0 fully saturated rings. The molecule has 8 aromatic rings. The number of rotatable bonds is 12. The molecule has 1 aliphatic rings. The monoisotopic (exact) mass is 790 g/mol. The summed E-state index contributed by atoms with van der Waals surface area (Å²) in [4.78, 5) is 9.50. The van der Waals surface area contributed by atoms with Crippen LogP contribution in [-0.4, -0.2) is 6.04 Å². The van der Waals surface area contributed by atoms with Gasteiger partial charge in [-0.15, -0.1) is 0 Å². The molecule has 0 heterocycles. The minimum Gasteiger partial charge on any atom is -0.334 e. The first-order valence-corrected chi connectivity index (χ1v) is 21.1. The first-order valence-electron chi connectivity index (χ1n) is 21.1. The molecule has 8 aromatic carbocycles. The minimum absolute atomic E-state index is 0.141. The van der Waals surface area contributed by atoms with Gasteiger partial charge in [-0.2, -0.15) is 0 Å². The van der Waals surface area contributed by atoms with Crippen molar-refractivity contribution >= 4 is 56.9 Å². The molecule has 61 heavy (non-hydrogen) atoms. The van der Waals surface area contributed by atoms with Gasteiger partial charge in [-0.05, 0) is 171 Å². The number of hydrogen-bond acceptors (Lipinski definition) is 4. The summed E-state index contributed by atoms with van der Waals surface area (Å²) in [6, 6.07) is 76.3. The maximum Gasteiger partial charge on any atom is 0.0561 e. The molecule has 0 aliphatic heterocycles. The van der Waals surface area contributed by atoms with Crippen LogP contribution in [0.2, 0.25) is 0 Å². The second kappa shape index (κ2) is 17.7. The number of hydrogen-bond donors (Lipinski definition) is 0. The van der Waals surface area contributed by atoms with E-state index in [9.17, 15) is 0 Å². The summed E-state index contributed by atoms with van der Waals surface area (Å²) in [7, 11) is 0. The van der Waals surface area contributed by atoms with Gasteiger partial charge in [-0.1, -0.05) is 103 Å². The van der Waals surface area contributed by atoms with Crippen molar-refractivity contribution in [3.8, 4) is 0 Å². The number of para-hydroxylation sites is 3. The van der Waals surface area contributed by atoms with Crippen LogP contribution in [0, 0.1) is 20.8 Å². The van der Waals surface area contributed by atoms with Gasteiger partial charge in [-0.3, -0.25) is 0 Å². The summed E-state index contributed by atoms with van der Waals surface area (Å²) in [6.07, 6.45) is 7.90. The van der Waals surface area contributed by atoms with Crippen LogP contribution in [0.1, 0.15) is 23.1 Å². The van der Waals surface area contributed by atoms with Gasteiger partial charge in [0.2, 0.25) is 0 Å². The van der Waals surface area contributed by atoms with Crippen molar-refractivity contribution in [1.82, 2.24) is 0 Å². The van der Waals surface area contributed by atoms with Crippen LogP contribution in [0.15, 0.2) is 236 Å². The van der Waals surface area contributed by atoms with Crippen molar-refractivity contribution in [2.75, 3.05) is 19.6 Å². The molecular formula is C57H50N4. The fourth-order valence-corrected chi connectivity index (χ4v) is 8.38. The van der Waals surface area contributed by atoms with Crippen LogP contribution in [-0.2, 0) is 0 Å². The third-order valence-electron chi connectivity index (χ3n) is 11.2. The Kier molecular flexibility index (Phi) is 11.3. The fraction of sp³-hybridized carbons (Fsp3) is 0.0877. The van der Waals surface area contributed by atoms with Gasteiger partial charge < -0.3 is 19.6 Å². The number of benzene rings is 8. The lowest BCUT2D eigenvalue weighted by molar-refractivity contribution is 0.776. The molecule has 0 spiro atoms.